The molecule has 1 N–H and O–H groups in total. The molecule has 2 aromatic rings. The maximum atomic E-state index is 11.8. The van der Waals surface area contributed by atoms with Crippen molar-refractivity contribution in [2.45, 2.75) is 26.4 Å². The Morgan fingerprint density at radius 3 is 2.94 bits per heavy atom. The summed E-state index contributed by atoms with van der Waals surface area (Å²) in [6.07, 6.45) is 1.39. The fraction of sp³-hybridized carbons (Fsp3) is 0.385. The van der Waals surface area contributed by atoms with Gasteiger partial charge < -0.3 is 9.88 Å². The van der Waals surface area contributed by atoms with Crippen molar-refractivity contribution >= 4 is 11.0 Å². The van der Waals surface area contributed by atoms with Crippen LogP contribution in [0.25, 0.3) is 11.0 Å². The van der Waals surface area contributed by atoms with E-state index in [-0.39, 0.29) is 11.6 Å². The molecule has 0 aliphatic heterocycles. The molecule has 4 nitrogen and oxygen atoms in total. The lowest BCUT2D eigenvalue weighted by molar-refractivity contribution is 0.489. The van der Waals surface area contributed by atoms with Gasteiger partial charge in [-0.15, -0.1) is 0 Å². The lowest BCUT2D eigenvalue weighted by Crippen LogP contribution is -2.34. The molecule has 1 heterocycles. The molecule has 0 spiro atoms. The number of hydrogen-bond donors (Lipinski definition) is 1. The first kappa shape index (κ1) is 11.8. The molecule has 0 radical (unpaired) electrons. The van der Waals surface area contributed by atoms with Gasteiger partial charge in [0, 0.05) is 12.6 Å². The Hall–Kier alpha value is -1.68. The Labute approximate surface area is 100 Å². The number of para-hydroxylation sites is 2. The lowest BCUT2D eigenvalue weighted by atomic mass is 10.2. The molecule has 0 saturated heterocycles. The number of aromatic nitrogens is 2. The minimum Gasteiger partial charge on any atom is -0.313 e. The Balaban J connectivity index is 2.44. The highest BCUT2D eigenvalue weighted by molar-refractivity contribution is 5.74. The van der Waals surface area contributed by atoms with Crippen LogP contribution in [-0.2, 0) is 6.54 Å². The second-order valence-electron chi connectivity index (χ2n) is 4.15. The Morgan fingerprint density at radius 1 is 1.41 bits per heavy atom. The smallest absolute Gasteiger partial charge is 0.269 e. The zero-order valence-electron chi connectivity index (χ0n) is 10.2. The molecule has 17 heavy (non-hydrogen) atoms. The minimum absolute atomic E-state index is 0.0477. The van der Waals surface area contributed by atoms with Crippen LogP contribution in [-0.4, -0.2) is 22.1 Å². The van der Waals surface area contributed by atoms with E-state index in [4.69, 9.17) is 0 Å². The van der Waals surface area contributed by atoms with E-state index in [1.54, 1.807) is 4.57 Å². The zero-order valence-corrected chi connectivity index (χ0v) is 10.2. The fourth-order valence-corrected chi connectivity index (χ4v) is 1.99. The molecule has 0 aliphatic carbocycles. The summed E-state index contributed by atoms with van der Waals surface area (Å²) in [5, 5.41) is 3.31. The van der Waals surface area contributed by atoms with E-state index in [2.05, 4.69) is 24.1 Å². The zero-order chi connectivity index (χ0) is 12.3. The summed E-state index contributed by atoms with van der Waals surface area (Å²) < 4.78 is 1.77. The number of likely N-dealkylation sites (N-methyl/N-ethyl adjacent to an activating group) is 1. The number of benzene rings is 1. The van der Waals surface area contributed by atoms with Crippen molar-refractivity contribution in [1.82, 2.24) is 14.9 Å². The molecule has 1 unspecified atom stereocenters. The van der Waals surface area contributed by atoms with Crippen molar-refractivity contribution in [3.8, 4) is 0 Å². The molecule has 0 amide bonds. The van der Waals surface area contributed by atoms with Crippen LogP contribution >= 0.6 is 0 Å². The van der Waals surface area contributed by atoms with Crippen molar-refractivity contribution in [2.75, 3.05) is 6.54 Å². The largest absolute Gasteiger partial charge is 0.313 e. The van der Waals surface area contributed by atoms with Crippen LogP contribution in [0.2, 0.25) is 0 Å². The molecule has 0 saturated carbocycles. The standard InChI is InChI=1S/C13H17N3O/c1-3-14-10(2)9-16-12-7-5-4-6-11(12)15-8-13(16)17/h4-8,10,14H,3,9H2,1-2H3. The van der Waals surface area contributed by atoms with Crippen LogP contribution < -0.4 is 10.9 Å². The van der Waals surface area contributed by atoms with E-state index in [0.717, 1.165) is 17.6 Å². The van der Waals surface area contributed by atoms with Crippen LogP contribution in [0.15, 0.2) is 35.3 Å². The van der Waals surface area contributed by atoms with E-state index in [0.29, 0.717) is 6.54 Å². The average Bonchev–Trinajstić information content (AvgIpc) is 2.33. The fourth-order valence-electron chi connectivity index (χ4n) is 1.99. The van der Waals surface area contributed by atoms with E-state index in [1.165, 1.54) is 6.20 Å². The predicted octanol–water partition coefficient (Wildman–Crippen LogP) is 1.39. The van der Waals surface area contributed by atoms with Crippen LogP contribution in [0.3, 0.4) is 0 Å². The van der Waals surface area contributed by atoms with Crippen molar-refractivity contribution in [3.63, 3.8) is 0 Å². The quantitative estimate of drug-likeness (QED) is 0.865. The topological polar surface area (TPSA) is 46.9 Å². The monoisotopic (exact) mass is 231 g/mol. The molecular formula is C13H17N3O. The Morgan fingerprint density at radius 2 is 2.18 bits per heavy atom. The number of nitrogens with one attached hydrogen (secondary N) is 1. The summed E-state index contributed by atoms with van der Waals surface area (Å²) in [5.41, 5.74) is 1.70. The van der Waals surface area contributed by atoms with Crippen molar-refractivity contribution < 1.29 is 0 Å². The molecule has 1 aromatic heterocycles. The number of fused-ring (bicyclic) bond motifs is 1. The van der Waals surface area contributed by atoms with Crippen LogP contribution in [0.5, 0.6) is 0 Å². The van der Waals surface area contributed by atoms with Crippen molar-refractivity contribution in [2.24, 2.45) is 0 Å². The summed E-state index contributed by atoms with van der Waals surface area (Å²) in [4.78, 5) is 16.0. The summed E-state index contributed by atoms with van der Waals surface area (Å²) in [6, 6.07) is 7.98. The highest BCUT2D eigenvalue weighted by Gasteiger charge is 2.07. The van der Waals surface area contributed by atoms with Gasteiger partial charge in [-0.05, 0) is 25.6 Å². The molecule has 0 fully saturated rings. The van der Waals surface area contributed by atoms with Crippen LogP contribution in [0, 0.1) is 0 Å². The molecule has 2 rings (SSSR count). The van der Waals surface area contributed by atoms with Crippen LogP contribution in [0.4, 0.5) is 0 Å². The van der Waals surface area contributed by atoms with E-state index in [9.17, 15) is 4.79 Å². The van der Waals surface area contributed by atoms with Gasteiger partial charge >= 0.3 is 0 Å². The molecule has 0 aliphatic rings. The average molecular weight is 231 g/mol. The number of nitrogens with zero attached hydrogens (tertiary/aromatic N) is 2. The molecule has 0 bridgehead atoms. The van der Waals surface area contributed by atoms with Gasteiger partial charge in [-0.1, -0.05) is 19.1 Å². The first-order valence-corrected chi connectivity index (χ1v) is 5.90. The maximum Gasteiger partial charge on any atom is 0.269 e. The van der Waals surface area contributed by atoms with E-state index >= 15 is 0 Å². The minimum atomic E-state index is -0.0477. The van der Waals surface area contributed by atoms with Crippen molar-refractivity contribution in [3.05, 3.63) is 40.8 Å². The molecular weight excluding hydrogens is 214 g/mol. The maximum absolute atomic E-state index is 11.8. The van der Waals surface area contributed by atoms with Gasteiger partial charge in [0.15, 0.2) is 0 Å². The number of hydrogen-bond acceptors (Lipinski definition) is 3. The lowest BCUT2D eigenvalue weighted by Gasteiger charge is -2.15. The first-order chi connectivity index (χ1) is 8.22. The highest BCUT2D eigenvalue weighted by Crippen LogP contribution is 2.08. The van der Waals surface area contributed by atoms with Gasteiger partial charge in [0.25, 0.3) is 5.56 Å². The summed E-state index contributed by atoms with van der Waals surface area (Å²) in [6.45, 7) is 5.70. The highest BCUT2D eigenvalue weighted by atomic mass is 16.1. The first-order valence-electron chi connectivity index (χ1n) is 5.90. The van der Waals surface area contributed by atoms with Gasteiger partial charge in [-0.2, -0.15) is 0 Å². The van der Waals surface area contributed by atoms with Gasteiger partial charge in [-0.3, -0.25) is 4.79 Å². The Bertz CT molecular complexity index is 562. The molecule has 4 heteroatoms. The van der Waals surface area contributed by atoms with Crippen molar-refractivity contribution in [1.29, 1.82) is 0 Å². The molecule has 1 atom stereocenters. The second kappa shape index (κ2) is 5.10. The third-order valence-corrected chi connectivity index (χ3v) is 2.76. The summed E-state index contributed by atoms with van der Waals surface area (Å²) in [5.74, 6) is 0. The van der Waals surface area contributed by atoms with Gasteiger partial charge in [0.05, 0.1) is 17.2 Å². The van der Waals surface area contributed by atoms with E-state index < -0.39 is 0 Å². The van der Waals surface area contributed by atoms with E-state index in [1.807, 2.05) is 24.3 Å². The van der Waals surface area contributed by atoms with Gasteiger partial charge in [0.2, 0.25) is 0 Å². The molecule has 90 valence electrons. The third-order valence-electron chi connectivity index (χ3n) is 2.76. The van der Waals surface area contributed by atoms with Crippen LogP contribution in [0.1, 0.15) is 13.8 Å². The van der Waals surface area contributed by atoms with Gasteiger partial charge in [0.1, 0.15) is 0 Å². The predicted molar refractivity (Wildman–Crippen MR) is 69.1 cm³/mol. The third kappa shape index (κ3) is 2.53. The molecule has 1 aromatic carbocycles. The second-order valence-corrected chi connectivity index (χ2v) is 4.15. The van der Waals surface area contributed by atoms with Gasteiger partial charge in [-0.25, -0.2) is 4.98 Å². The summed E-state index contributed by atoms with van der Waals surface area (Å²) in [7, 11) is 0. The number of rotatable bonds is 4. The normalized spacial score (nSPS) is 12.8. The SMILES string of the molecule is CCNC(C)Cn1c(=O)cnc2ccccc21. The Kier molecular flexibility index (Phi) is 3.54. The summed E-state index contributed by atoms with van der Waals surface area (Å²) >= 11 is 0.